The number of benzene rings is 2. The van der Waals surface area contributed by atoms with Crippen LogP contribution in [0, 0.1) is 30.9 Å². The fourth-order valence-corrected chi connectivity index (χ4v) is 2.23. The van der Waals surface area contributed by atoms with Gasteiger partial charge < -0.3 is 4.74 Å². The van der Waals surface area contributed by atoms with E-state index in [4.69, 9.17) is 4.74 Å². The SMILES string of the molecule is Cc1cc(Oc2c(C)cccc2[N+](=O)[O-])cc(C)c1Br. The Morgan fingerprint density at radius 2 is 1.70 bits per heavy atom. The Morgan fingerprint density at radius 1 is 1.10 bits per heavy atom. The van der Waals surface area contributed by atoms with Gasteiger partial charge in [0, 0.05) is 10.5 Å². The smallest absolute Gasteiger partial charge is 0.311 e. The highest BCUT2D eigenvalue weighted by molar-refractivity contribution is 9.10. The maximum absolute atomic E-state index is 11.1. The van der Waals surface area contributed by atoms with Crippen molar-refractivity contribution in [3.05, 3.63) is 61.6 Å². The van der Waals surface area contributed by atoms with Crippen LogP contribution in [-0.2, 0) is 0 Å². The summed E-state index contributed by atoms with van der Waals surface area (Å²) < 4.78 is 6.77. The standard InChI is InChI=1S/C15H14BrNO3/c1-9-5-4-6-13(17(18)19)15(9)20-12-7-10(2)14(16)11(3)8-12/h4-8H,1-3H3. The van der Waals surface area contributed by atoms with Gasteiger partial charge in [-0.15, -0.1) is 0 Å². The molecule has 0 bridgehead atoms. The number of hydrogen-bond acceptors (Lipinski definition) is 3. The lowest BCUT2D eigenvalue weighted by Gasteiger charge is -2.11. The number of nitrogens with zero attached hydrogens (tertiary/aromatic N) is 1. The van der Waals surface area contributed by atoms with Crippen LogP contribution in [0.3, 0.4) is 0 Å². The zero-order chi connectivity index (χ0) is 14.9. The van der Waals surface area contributed by atoms with Gasteiger partial charge in [-0.1, -0.05) is 28.1 Å². The van der Waals surface area contributed by atoms with Gasteiger partial charge >= 0.3 is 5.69 Å². The molecule has 104 valence electrons. The van der Waals surface area contributed by atoms with Crippen LogP contribution < -0.4 is 4.74 Å². The molecule has 4 nitrogen and oxygen atoms in total. The predicted octanol–water partition coefficient (Wildman–Crippen LogP) is 5.07. The largest absolute Gasteiger partial charge is 0.450 e. The average molecular weight is 336 g/mol. The van der Waals surface area contributed by atoms with Gasteiger partial charge in [0.15, 0.2) is 0 Å². The van der Waals surface area contributed by atoms with E-state index in [1.807, 2.05) is 26.0 Å². The molecule has 2 rings (SSSR count). The van der Waals surface area contributed by atoms with Crippen LogP contribution in [0.1, 0.15) is 16.7 Å². The summed E-state index contributed by atoms with van der Waals surface area (Å²) >= 11 is 3.49. The molecule has 0 aliphatic rings. The summed E-state index contributed by atoms with van der Waals surface area (Å²) in [4.78, 5) is 10.6. The van der Waals surface area contributed by atoms with Crippen molar-refractivity contribution in [2.24, 2.45) is 0 Å². The Bertz CT molecular complexity index is 660. The minimum absolute atomic E-state index is 0.0248. The number of para-hydroxylation sites is 1. The quantitative estimate of drug-likeness (QED) is 0.580. The molecule has 0 aliphatic heterocycles. The second-order valence-corrected chi connectivity index (χ2v) is 5.45. The minimum Gasteiger partial charge on any atom is -0.450 e. The van der Waals surface area contributed by atoms with Crippen LogP contribution in [-0.4, -0.2) is 4.92 Å². The van der Waals surface area contributed by atoms with Crippen molar-refractivity contribution in [3.63, 3.8) is 0 Å². The maximum atomic E-state index is 11.1. The zero-order valence-corrected chi connectivity index (χ0v) is 13.0. The van der Waals surface area contributed by atoms with Crippen molar-refractivity contribution in [3.8, 4) is 11.5 Å². The Kier molecular flexibility index (Phi) is 4.09. The fraction of sp³-hybridized carbons (Fsp3) is 0.200. The van der Waals surface area contributed by atoms with Gasteiger partial charge in [-0.05, 0) is 49.6 Å². The summed E-state index contributed by atoms with van der Waals surface area (Å²) in [5, 5.41) is 11.1. The number of ether oxygens (including phenoxy) is 1. The highest BCUT2D eigenvalue weighted by Gasteiger charge is 2.18. The van der Waals surface area contributed by atoms with Gasteiger partial charge in [-0.3, -0.25) is 10.1 Å². The van der Waals surface area contributed by atoms with E-state index in [1.165, 1.54) is 6.07 Å². The Hall–Kier alpha value is -1.88. The van der Waals surface area contributed by atoms with Gasteiger partial charge in [0.25, 0.3) is 0 Å². The molecule has 0 saturated carbocycles. The average Bonchev–Trinajstić information content (AvgIpc) is 2.38. The van der Waals surface area contributed by atoms with Crippen molar-refractivity contribution in [1.82, 2.24) is 0 Å². The molecule has 20 heavy (non-hydrogen) atoms. The summed E-state index contributed by atoms with van der Waals surface area (Å²) in [6.07, 6.45) is 0. The van der Waals surface area contributed by atoms with Crippen LogP contribution in [0.4, 0.5) is 5.69 Å². The second kappa shape index (κ2) is 5.63. The van der Waals surface area contributed by atoms with Crippen LogP contribution in [0.5, 0.6) is 11.5 Å². The van der Waals surface area contributed by atoms with E-state index >= 15 is 0 Å². The third-order valence-electron chi connectivity index (χ3n) is 3.02. The number of rotatable bonds is 3. The predicted molar refractivity (Wildman–Crippen MR) is 81.5 cm³/mol. The summed E-state index contributed by atoms with van der Waals surface area (Å²) in [7, 11) is 0. The Balaban J connectivity index is 2.47. The van der Waals surface area contributed by atoms with E-state index in [0.717, 1.165) is 21.2 Å². The number of nitro groups is 1. The molecule has 0 fully saturated rings. The molecule has 0 spiro atoms. The van der Waals surface area contributed by atoms with Crippen molar-refractivity contribution >= 4 is 21.6 Å². The second-order valence-electron chi connectivity index (χ2n) is 4.65. The lowest BCUT2D eigenvalue weighted by atomic mass is 10.1. The highest BCUT2D eigenvalue weighted by Crippen LogP contribution is 2.36. The number of nitro benzene ring substituents is 1. The first-order valence-electron chi connectivity index (χ1n) is 6.08. The van der Waals surface area contributed by atoms with Crippen LogP contribution in [0.25, 0.3) is 0 Å². The van der Waals surface area contributed by atoms with E-state index in [2.05, 4.69) is 15.9 Å². The summed E-state index contributed by atoms with van der Waals surface area (Å²) in [5.41, 5.74) is 2.76. The van der Waals surface area contributed by atoms with Crippen LogP contribution in [0.2, 0.25) is 0 Å². The Morgan fingerprint density at radius 3 is 2.25 bits per heavy atom. The molecule has 0 saturated heterocycles. The number of aryl methyl sites for hydroxylation is 3. The first-order valence-corrected chi connectivity index (χ1v) is 6.88. The highest BCUT2D eigenvalue weighted by atomic mass is 79.9. The fourth-order valence-electron chi connectivity index (χ4n) is 2.00. The lowest BCUT2D eigenvalue weighted by molar-refractivity contribution is -0.385. The molecule has 2 aromatic rings. The molecule has 0 atom stereocenters. The number of halogens is 1. The van der Waals surface area contributed by atoms with Gasteiger partial charge in [0.05, 0.1) is 4.92 Å². The molecule has 0 amide bonds. The van der Waals surface area contributed by atoms with Gasteiger partial charge in [-0.2, -0.15) is 0 Å². The van der Waals surface area contributed by atoms with E-state index < -0.39 is 4.92 Å². The van der Waals surface area contributed by atoms with E-state index in [-0.39, 0.29) is 5.69 Å². The minimum atomic E-state index is -0.430. The summed E-state index contributed by atoms with van der Waals surface area (Å²) in [5.74, 6) is 0.888. The molecule has 0 aliphatic carbocycles. The van der Waals surface area contributed by atoms with Crippen molar-refractivity contribution in [2.45, 2.75) is 20.8 Å². The third-order valence-corrected chi connectivity index (χ3v) is 4.27. The first-order chi connectivity index (χ1) is 9.40. The van der Waals surface area contributed by atoms with E-state index in [1.54, 1.807) is 19.1 Å². The molecular weight excluding hydrogens is 322 g/mol. The topological polar surface area (TPSA) is 52.4 Å². The van der Waals surface area contributed by atoms with Crippen LogP contribution >= 0.6 is 15.9 Å². The molecule has 2 aromatic carbocycles. The molecule has 0 aromatic heterocycles. The molecule has 0 heterocycles. The van der Waals surface area contributed by atoms with Crippen molar-refractivity contribution in [2.75, 3.05) is 0 Å². The first kappa shape index (κ1) is 14.5. The molecule has 0 radical (unpaired) electrons. The van der Waals surface area contributed by atoms with Crippen molar-refractivity contribution < 1.29 is 9.66 Å². The Labute approximate surface area is 125 Å². The lowest BCUT2D eigenvalue weighted by Crippen LogP contribution is -1.96. The molecular formula is C15H14BrNO3. The molecule has 0 unspecified atom stereocenters. The molecule has 0 N–H and O–H groups in total. The number of hydrogen-bond donors (Lipinski definition) is 0. The van der Waals surface area contributed by atoms with E-state index in [9.17, 15) is 10.1 Å². The summed E-state index contributed by atoms with van der Waals surface area (Å²) in [6, 6.07) is 8.60. The summed E-state index contributed by atoms with van der Waals surface area (Å²) in [6.45, 7) is 5.70. The molecule has 5 heteroatoms. The van der Waals surface area contributed by atoms with Crippen LogP contribution in [0.15, 0.2) is 34.8 Å². The van der Waals surface area contributed by atoms with Crippen molar-refractivity contribution in [1.29, 1.82) is 0 Å². The van der Waals surface area contributed by atoms with Gasteiger partial charge in [0.2, 0.25) is 5.75 Å². The third kappa shape index (κ3) is 2.82. The maximum Gasteiger partial charge on any atom is 0.311 e. The monoisotopic (exact) mass is 335 g/mol. The van der Waals surface area contributed by atoms with E-state index in [0.29, 0.717) is 11.5 Å². The normalized spacial score (nSPS) is 10.4. The zero-order valence-electron chi connectivity index (χ0n) is 11.4. The van der Waals surface area contributed by atoms with Gasteiger partial charge in [0.1, 0.15) is 5.75 Å². The van der Waals surface area contributed by atoms with Gasteiger partial charge in [-0.25, -0.2) is 0 Å².